The number of aromatic amines is 1. The van der Waals surface area contributed by atoms with Gasteiger partial charge in [-0.05, 0) is 60.7 Å². The lowest BCUT2D eigenvalue weighted by molar-refractivity contribution is -0.118. The van der Waals surface area contributed by atoms with Crippen LogP contribution in [0.25, 0.3) is 22.6 Å². The minimum absolute atomic E-state index is 0.0568. The molecule has 1 aliphatic rings. The highest BCUT2D eigenvalue weighted by Gasteiger charge is 2.16. The van der Waals surface area contributed by atoms with Gasteiger partial charge in [-0.25, -0.2) is 9.97 Å². The summed E-state index contributed by atoms with van der Waals surface area (Å²) >= 11 is 0. The van der Waals surface area contributed by atoms with Crippen LogP contribution >= 0.6 is 0 Å². The number of hydrogen-bond acceptors (Lipinski definition) is 4. The van der Waals surface area contributed by atoms with Gasteiger partial charge in [0.1, 0.15) is 11.6 Å². The van der Waals surface area contributed by atoms with Gasteiger partial charge in [0.15, 0.2) is 12.3 Å². The summed E-state index contributed by atoms with van der Waals surface area (Å²) in [7, 11) is 0. The minimum atomic E-state index is -0.219. The molecule has 0 bridgehead atoms. The molecule has 2 aromatic heterocycles. The van der Waals surface area contributed by atoms with Crippen molar-refractivity contribution in [3.63, 3.8) is 0 Å². The number of para-hydroxylation sites is 1. The predicted octanol–water partition coefficient (Wildman–Crippen LogP) is 5.69. The third-order valence-corrected chi connectivity index (χ3v) is 6.04. The molecule has 2 aromatic carbocycles. The second kappa shape index (κ2) is 9.22. The van der Waals surface area contributed by atoms with Crippen LogP contribution in [-0.4, -0.2) is 27.5 Å². The molecule has 0 atom stereocenters. The van der Waals surface area contributed by atoms with Crippen LogP contribution < -0.4 is 10.1 Å². The maximum absolute atomic E-state index is 12.6. The fourth-order valence-corrected chi connectivity index (χ4v) is 4.38. The van der Waals surface area contributed by atoms with Crippen LogP contribution in [0.15, 0.2) is 66.9 Å². The summed E-state index contributed by atoms with van der Waals surface area (Å²) in [5.74, 6) is 1.80. The van der Waals surface area contributed by atoms with E-state index in [1.165, 1.54) is 37.7 Å². The van der Waals surface area contributed by atoms with Gasteiger partial charge in [-0.2, -0.15) is 0 Å². The van der Waals surface area contributed by atoms with Crippen molar-refractivity contribution in [3.05, 3.63) is 72.4 Å². The number of hydrogen-bond donors (Lipinski definition) is 2. The highest BCUT2D eigenvalue weighted by molar-refractivity contribution is 5.96. The Kier molecular flexibility index (Phi) is 5.83. The first kappa shape index (κ1) is 20.2. The van der Waals surface area contributed by atoms with Crippen LogP contribution in [0, 0.1) is 0 Å². The fourth-order valence-electron chi connectivity index (χ4n) is 4.38. The Morgan fingerprint density at radius 2 is 1.81 bits per heavy atom. The van der Waals surface area contributed by atoms with Gasteiger partial charge >= 0.3 is 0 Å². The highest BCUT2D eigenvalue weighted by atomic mass is 16.5. The summed E-state index contributed by atoms with van der Waals surface area (Å²) in [6.07, 6.45) is 8.22. The number of carbonyl (C=O) groups excluding carboxylic acids is 1. The Morgan fingerprint density at radius 1 is 1.00 bits per heavy atom. The van der Waals surface area contributed by atoms with E-state index in [9.17, 15) is 4.79 Å². The third-order valence-electron chi connectivity index (χ3n) is 6.04. The molecule has 0 spiro atoms. The predicted molar refractivity (Wildman–Crippen MR) is 126 cm³/mol. The van der Waals surface area contributed by atoms with Gasteiger partial charge in [0.25, 0.3) is 5.91 Å². The molecule has 0 unspecified atom stereocenters. The van der Waals surface area contributed by atoms with E-state index in [-0.39, 0.29) is 12.5 Å². The molecule has 0 aliphatic heterocycles. The van der Waals surface area contributed by atoms with Gasteiger partial charge in [-0.15, -0.1) is 0 Å². The topological polar surface area (TPSA) is 79.9 Å². The number of carbonyl (C=O) groups is 1. The number of fused-ring (bicyclic) bond motifs is 1. The van der Waals surface area contributed by atoms with Crippen molar-refractivity contribution in [2.24, 2.45) is 0 Å². The summed E-state index contributed by atoms with van der Waals surface area (Å²) in [5.41, 5.74) is 4.34. The van der Waals surface area contributed by atoms with Gasteiger partial charge in [0.05, 0.1) is 11.2 Å². The molecule has 6 nitrogen and oxygen atoms in total. The quantitative estimate of drug-likeness (QED) is 0.415. The average molecular weight is 427 g/mol. The second-order valence-electron chi connectivity index (χ2n) is 8.25. The zero-order valence-electron chi connectivity index (χ0n) is 17.9. The zero-order chi connectivity index (χ0) is 21.8. The molecule has 1 aliphatic carbocycles. The molecule has 4 aromatic rings. The van der Waals surface area contributed by atoms with Crippen LogP contribution in [-0.2, 0) is 4.79 Å². The van der Waals surface area contributed by atoms with Gasteiger partial charge in [-0.3, -0.25) is 4.79 Å². The molecule has 0 saturated heterocycles. The number of rotatable bonds is 6. The molecule has 1 amide bonds. The van der Waals surface area contributed by atoms with Crippen molar-refractivity contribution in [3.8, 4) is 17.1 Å². The van der Waals surface area contributed by atoms with E-state index >= 15 is 0 Å². The largest absolute Gasteiger partial charge is 0.484 e. The van der Waals surface area contributed by atoms with Crippen molar-refractivity contribution < 1.29 is 9.53 Å². The number of pyridine rings is 1. The first-order valence-corrected chi connectivity index (χ1v) is 11.2. The molecule has 5 rings (SSSR count). The van der Waals surface area contributed by atoms with Gasteiger partial charge < -0.3 is 15.0 Å². The SMILES string of the molecule is O=C(COc1ccc(C2CCCCC2)cc1)Nc1ccccc1-c1nc2ncccc2[nH]1. The van der Waals surface area contributed by atoms with E-state index < -0.39 is 0 Å². The zero-order valence-corrected chi connectivity index (χ0v) is 17.9. The van der Waals surface area contributed by atoms with Crippen LogP contribution in [0.5, 0.6) is 5.75 Å². The molecule has 32 heavy (non-hydrogen) atoms. The minimum Gasteiger partial charge on any atom is -0.484 e. The maximum atomic E-state index is 12.6. The van der Waals surface area contributed by atoms with Crippen molar-refractivity contribution in [1.29, 1.82) is 0 Å². The number of aromatic nitrogens is 3. The van der Waals surface area contributed by atoms with E-state index in [0.29, 0.717) is 28.8 Å². The number of nitrogens with zero attached hydrogens (tertiary/aromatic N) is 2. The molecule has 2 N–H and O–H groups in total. The summed E-state index contributed by atoms with van der Waals surface area (Å²) in [4.78, 5) is 24.6. The fraction of sp³-hybridized carbons (Fsp3) is 0.269. The van der Waals surface area contributed by atoms with Crippen LogP contribution in [0.2, 0.25) is 0 Å². The smallest absolute Gasteiger partial charge is 0.262 e. The van der Waals surface area contributed by atoms with Crippen molar-refractivity contribution >= 4 is 22.8 Å². The van der Waals surface area contributed by atoms with Crippen LogP contribution in [0.3, 0.4) is 0 Å². The maximum Gasteiger partial charge on any atom is 0.262 e. The molecule has 2 heterocycles. The first-order valence-electron chi connectivity index (χ1n) is 11.2. The number of H-pyrrole nitrogens is 1. The Morgan fingerprint density at radius 3 is 2.62 bits per heavy atom. The second-order valence-corrected chi connectivity index (χ2v) is 8.25. The van der Waals surface area contributed by atoms with Crippen LogP contribution in [0.1, 0.15) is 43.6 Å². The molecular weight excluding hydrogens is 400 g/mol. The molecule has 0 radical (unpaired) electrons. The number of anilines is 1. The molecular formula is C26H26N4O2. The number of nitrogens with one attached hydrogen (secondary N) is 2. The monoisotopic (exact) mass is 426 g/mol. The van der Waals surface area contributed by atoms with E-state index in [4.69, 9.17) is 4.74 Å². The first-order chi connectivity index (χ1) is 15.8. The van der Waals surface area contributed by atoms with E-state index in [1.54, 1.807) is 6.20 Å². The van der Waals surface area contributed by atoms with E-state index in [2.05, 4.69) is 32.4 Å². The van der Waals surface area contributed by atoms with E-state index in [0.717, 1.165) is 11.1 Å². The lowest BCUT2D eigenvalue weighted by Crippen LogP contribution is -2.20. The van der Waals surface area contributed by atoms with Crippen LogP contribution in [0.4, 0.5) is 5.69 Å². The molecule has 1 saturated carbocycles. The third kappa shape index (κ3) is 4.49. The Hall–Kier alpha value is -3.67. The Balaban J connectivity index is 1.23. The average Bonchev–Trinajstić information content (AvgIpc) is 3.28. The van der Waals surface area contributed by atoms with Crippen molar-refractivity contribution in [2.75, 3.05) is 11.9 Å². The number of ether oxygens (including phenoxy) is 1. The van der Waals surface area contributed by atoms with Gasteiger partial charge in [0, 0.05) is 11.8 Å². The van der Waals surface area contributed by atoms with Gasteiger partial charge in [0.2, 0.25) is 0 Å². The number of imidazole rings is 1. The summed E-state index contributed by atoms with van der Waals surface area (Å²) < 4.78 is 5.73. The molecule has 6 heteroatoms. The summed E-state index contributed by atoms with van der Waals surface area (Å²) in [6.45, 7) is -0.0568. The highest BCUT2D eigenvalue weighted by Crippen LogP contribution is 2.33. The van der Waals surface area contributed by atoms with E-state index in [1.807, 2.05) is 48.5 Å². The van der Waals surface area contributed by atoms with Crippen molar-refractivity contribution in [1.82, 2.24) is 15.0 Å². The normalized spacial score (nSPS) is 14.4. The Labute approximate surface area is 187 Å². The summed E-state index contributed by atoms with van der Waals surface area (Å²) in [6, 6.07) is 19.5. The standard InChI is InChI=1S/C26H26N4O2/c31-24(17-32-20-14-12-19(13-15-20)18-7-2-1-3-8-18)28-22-10-5-4-9-21(22)25-29-23-11-6-16-27-26(23)30-25/h4-6,9-16,18H,1-3,7-8,17H2,(H,28,31)(H,27,29,30). The number of amides is 1. The van der Waals surface area contributed by atoms with Gasteiger partial charge in [-0.1, -0.05) is 43.5 Å². The Bertz CT molecular complexity index is 1180. The lowest BCUT2D eigenvalue weighted by Gasteiger charge is -2.22. The molecule has 1 fully saturated rings. The molecule has 162 valence electrons. The van der Waals surface area contributed by atoms with Crippen molar-refractivity contribution in [2.45, 2.75) is 38.0 Å². The number of benzene rings is 2. The summed E-state index contributed by atoms with van der Waals surface area (Å²) in [5, 5.41) is 2.94. The lowest BCUT2D eigenvalue weighted by atomic mass is 9.84.